The number of amides is 2. The third kappa shape index (κ3) is 4.40. The molecule has 1 aromatic heterocycles. The number of phenols is 1. The second kappa shape index (κ2) is 7.54. The molecule has 10 nitrogen and oxygen atoms in total. The maximum absolute atomic E-state index is 11.5. The molecular weight excluding hydrogens is 320 g/mol. The summed E-state index contributed by atoms with van der Waals surface area (Å²) in [5.74, 6) is -1.54. The number of hydrazone groups is 1. The molecule has 0 fully saturated rings. The van der Waals surface area contributed by atoms with Gasteiger partial charge in [0, 0.05) is 11.6 Å². The van der Waals surface area contributed by atoms with Gasteiger partial charge >= 0.3 is 5.69 Å². The van der Waals surface area contributed by atoms with Gasteiger partial charge < -0.3 is 14.8 Å². The Hall–Kier alpha value is -3.69. The molecule has 0 bridgehead atoms. The fourth-order valence-corrected chi connectivity index (χ4v) is 1.64. The van der Waals surface area contributed by atoms with Gasteiger partial charge in [0.15, 0.2) is 11.5 Å². The molecule has 0 radical (unpaired) electrons. The first-order chi connectivity index (χ1) is 11.5. The van der Waals surface area contributed by atoms with Gasteiger partial charge in [0.05, 0.1) is 23.9 Å². The number of carbonyl (C=O) groups is 2. The van der Waals surface area contributed by atoms with Gasteiger partial charge in [0.1, 0.15) is 0 Å². The van der Waals surface area contributed by atoms with Crippen molar-refractivity contribution >= 4 is 23.7 Å². The highest BCUT2D eigenvalue weighted by Crippen LogP contribution is 2.25. The number of nitrogens with zero attached hydrogens (tertiary/aromatic N) is 2. The Bertz CT molecular complexity index is 785. The molecule has 0 unspecified atom stereocenters. The smallest absolute Gasteiger partial charge is 0.311 e. The molecule has 0 atom stereocenters. The van der Waals surface area contributed by atoms with Crippen LogP contribution in [0.1, 0.15) is 16.1 Å². The Morgan fingerprint density at radius 2 is 2.17 bits per heavy atom. The van der Waals surface area contributed by atoms with Crippen molar-refractivity contribution in [3.63, 3.8) is 0 Å². The summed E-state index contributed by atoms with van der Waals surface area (Å²) in [6.07, 6.45) is 2.49. The van der Waals surface area contributed by atoms with Gasteiger partial charge in [-0.1, -0.05) is 0 Å². The van der Waals surface area contributed by atoms with E-state index in [1.165, 1.54) is 30.7 Å². The highest BCUT2D eigenvalue weighted by molar-refractivity contribution is 5.94. The average Bonchev–Trinajstić information content (AvgIpc) is 3.08. The van der Waals surface area contributed by atoms with Crippen LogP contribution in [0.3, 0.4) is 0 Å². The van der Waals surface area contributed by atoms with Crippen molar-refractivity contribution in [2.75, 3.05) is 6.54 Å². The lowest BCUT2D eigenvalue weighted by Crippen LogP contribution is -2.34. The van der Waals surface area contributed by atoms with Crippen LogP contribution in [-0.2, 0) is 4.79 Å². The molecule has 2 aromatic rings. The van der Waals surface area contributed by atoms with Crippen molar-refractivity contribution in [2.24, 2.45) is 5.10 Å². The number of hydrogen-bond donors (Lipinski definition) is 3. The van der Waals surface area contributed by atoms with Crippen LogP contribution in [0.2, 0.25) is 0 Å². The third-order valence-corrected chi connectivity index (χ3v) is 2.75. The largest absolute Gasteiger partial charge is 0.502 e. The minimum Gasteiger partial charge on any atom is -0.502 e. The Morgan fingerprint density at radius 1 is 1.38 bits per heavy atom. The zero-order valence-corrected chi connectivity index (χ0v) is 12.1. The van der Waals surface area contributed by atoms with Crippen LogP contribution in [0, 0.1) is 10.1 Å². The van der Waals surface area contributed by atoms with E-state index in [1.807, 2.05) is 0 Å². The molecule has 2 amide bonds. The summed E-state index contributed by atoms with van der Waals surface area (Å²) < 4.78 is 4.86. The van der Waals surface area contributed by atoms with Crippen LogP contribution < -0.4 is 10.7 Å². The van der Waals surface area contributed by atoms with Gasteiger partial charge in [-0.05, 0) is 24.3 Å². The number of furan rings is 1. The van der Waals surface area contributed by atoms with Crippen molar-refractivity contribution in [3.8, 4) is 5.75 Å². The van der Waals surface area contributed by atoms with E-state index >= 15 is 0 Å². The maximum Gasteiger partial charge on any atom is 0.311 e. The molecular formula is C14H12N4O6. The number of phenolic OH excluding ortho intramolecular Hbond substituents is 1. The Morgan fingerprint density at radius 3 is 2.83 bits per heavy atom. The van der Waals surface area contributed by atoms with E-state index in [9.17, 15) is 24.8 Å². The second-order valence-corrected chi connectivity index (χ2v) is 4.46. The van der Waals surface area contributed by atoms with Crippen LogP contribution in [0.5, 0.6) is 5.75 Å². The normalized spacial score (nSPS) is 10.5. The number of nitro groups is 1. The molecule has 24 heavy (non-hydrogen) atoms. The summed E-state index contributed by atoms with van der Waals surface area (Å²) in [5, 5.41) is 25.9. The van der Waals surface area contributed by atoms with Crippen molar-refractivity contribution in [3.05, 3.63) is 58.0 Å². The summed E-state index contributed by atoms with van der Waals surface area (Å²) in [6.45, 7) is -0.327. The summed E-state index contributed by atoms with van der Waals surface area (Å²) >= 11 is 0. The SMILES string of the molecule is O=C(CNC(=O)c1ccco1)N/N=C/c1ccc(O)c([N+](=O)[O-])c1. The first kappa shape index (κ1) is 16.7. The van der Waals surface area contributed by atoms with E-state index in [-0.39, 0.29) is 12.3 Å². The molecule has 2 rings (SSSR count). The van der Waals surface area contributed by atoms with E-state index in [2.05, 4.69) is 15.8 Å². The molecule has 0 aliphatic carbocycles. The van der Waals surface area contributed by atoms with Crippen LogP contribution >= 0.6 is 0 Å². The predicted molar refractivity (Wildman–Crippen MR) is 81.5 cm³/mol. The van der Waals surface area contributed by atoms with Crippen LogP contribution in [0.25, 0.3) is 0 Å². The fraction of sp³-hybridized carbons (Fsp3) is 0.0714. The van der Waals surface area contributed by atoms with E-state index in [0.29, 0.717) is 5.56 Å². The first-order valence-corrected chi connectivity index (χ1v) is 6.58. The molecule has 0 saturated carbocycles. The van der Waals surface area contributed by atoms with E-state index in [0.717, 1.165) is 12.1 Å². The highest BCUT2D eigenvalue weighted by atomic mass is 16.6. The second-order valence-electron chi connectivity index (χ2n) is 4.46. The molecule has 0 aliphatic heterocycles. The number of hydrogen-bond acceptors (Lipinski definition) is 7. The summed E-state index contributed by atoms with van der Waals surface area (Å²) in [4.78, 5) is 33.0. The summed E-state index contributed by atoms with van der Waals surface area (Å²) in [5.41, 5.74) is 1.98. The van der Waals surface area contributed by atoms with Crippen molar-refractivity contribution in [1.29, 1.82) is 0 Å². The van der Waals surface area contributed by atoms with Crippen LogP contribution in [0.15, 0.2) is 46.1 Å². The topological polar surface area (TPSA) is 147 Å². The predicted octanol–water partition coefficient (Wildman–Crippen LogP) is 0.773. The lowest BCUT2D eigenvalue weighted by molar-refractivity contribution is -0.385. The van der Waals surface area contributed by atoms with Crippen molar-refractivity contribution in [1.82, 2.24) is 10.7 Å². The molecule has 0 spiro atoms. The van der Waals surface area contributed by atoms with Gasteiger partial charge in [-0.3, -0.25) is 19.7 Å². The lowest BCUT2D eigenvalue weighted by atomic mass is 10.2. The Kier molecular flexibility index (Phi) is 5.24. The molecule has 10 heteroatoms. The van der Waals surface area contributed by atoms with E-state index < -0.39 is 28.2 Å². The highest BCUT2D eigenvalue weighted by Gasteiger charge is 2.13. The van der Waals surface area contributed by atoms with E-state index in [4.69, 9.17) is 4.42 Å². The number of nitro benzene ring substituents is 1. The minimum absolute atomic E-state index is 0.0719. The molecule has 0 aliphatic rings. The van der Waals surface area contributed by atoms with Crippen molar-refractivity contribution < 1.29 is 24.0 Å². The average molecular weight is 332 g/mol. The maximum atomic E-state index is 11.5. The first-order valence-electron chi connectivity index (χ1n) is 6.58. The van der Waals surface area contributed by atoms with Crippen LogP contribution in [0.4, 0.5) is 5.69 Å². The van der Waals surface area contributed by atoms with E-state index in [1.54, 1.807) is 0 Å². The van der Waals surface area contributed by atoms with Gasteiger partial charge in [0.2, 0.25) is 0 Å². The van der Waals surface area contributed by atoms with Crippen LogP contribution in [-0.4, -0.2) is 34.6 Å². The molecule has 3 N–H and O–H groups in total. The quantitative estimate of drug-likeness (QED) is 0.404. The monoisotopic (exact) mass is 332 g/mol. The standard InChI is InChI=1S/C14H12N4O6/c19-11-4-3-9(6-10(11)18(22)23)7-16-17-13(20)8-15-14(21)12-2-1-5-24-12/h1-7,19H,8H2,(H,15,21)(H,17,20)/b16-7+. The van der Waals surface area contributed by atoms with Gasteiger partial charge in [0.25, 0.3) is 11.8 Å². The zero-order valence-electron chi connectivity index (χ0n) is 12.1. The Balaban J connectivity index is 1.85. The molecule has 1 heterocycles. The number of benzene rings is 1. The zero-order chi connectivity index (χ0) is 17.5. The van der Waals surface area contributed by atoms with Crippen molar-refractivity contribution in [2.45, 2.75) is 0 Å². The fourth-order valence-electron chi connectivity index (χ4n) is 1.64. The van der Waals surface area contributed by atoms with Gasteiger partial charge in [-0.25, -0.2) is 5.43 Å². The number of nitrogens with one attached hydrogen (secondary N) is 2. The number of rotatable bonds is 6. The van der Waals surface area contributed by atoms with Gasteiger partial charge in [-0.2, -0.15) is 5.10 Å². The molecule has 124 valence electrons. The summed E-state index contributed by atoms with van der Waals surface area (Å²) in [6, 6.07) is 6.62. The number of carbonyl (C=O) groups excluding carboxylic acids is 2. The lowest BCUT2D eigenvalue weighted by Gasteiger charge is -2.02. The molecule has 1 aromatic carbocycles. The summed E-state index contributed by atoms with van der Waals surface area (Å²) in [7, 11) is 0. The minimum atomic E-state index is -0.741. The third-order valence-electron chi connectivity index (χ3n) is 2.75. The number of aromatic hydroxyl groups is 1. The molecule has 0 saturated heterocycles. The Labute approximate surface area is 134 Å². The van der Waals surface area contributed by atoms with Gasteiger partial charge in [-0.15, -0.1) is 0 Å².